The number of fused-ring (bicyclic) bond motifs is 1. The standard InChI is InChI=1S/C24H25N3O3/c1-16-13-18(22-5-3-4-6-23(22)26-16)14-30-20-9-7-19(8-10-20)27-12-11-21(24(27)29)17(2)25-15-28/h3-10,13,15,17,21H,11-12,14H2,1-2H3,(H,25,28)/t17-,21+/m0/s1. The van der Waals surface area contributed by atoms with Gasteiger partial charge < -0.3 is 15.0 Å². The molecular formula is C24H25N3O3. The van der Waals surface area contributed by atoms with Crippen LogP contribution in [-0.2, 0) is 16.2 Å². The van der Waals surface area contributed by atoms with Crippen molar-refractivity contribution < 1.29 is 14.3 Å². The number of carbonyl (C=O) groups is 2. The van der Waals surface area contributed by atoms with Crippen molar-refractivity contribution in [3.63, 3.8) is 0 Å². The van der Waals surface area contributed by atoms with Gasteiger partial charge in [0.05, 0.1) is 11.4 Å². The molecule has 0 spiro atoms. The Morgan fingerprint density at radius 1 is 1.23 bits per heavy atom. The molecule has 154 valence electrons. The van der Waals surface area contributed by atoms with E-state index in [4.69, 9.17) is 4.74 Å². The van der Waals surface area contributed by atoms with Crippen molar-refractivity contribution in [1.82, 2.24) is 10.3 Å². The predicted octanol–water partition coefficient (Wildman–Crippen LogP) is 3.61. The zero-order valence-corrected chi connectivity index (χ0v) is 17.2. The summed E-state index contributed by atoms with van der Waals surface area (Å²) in [7, 11) is 0. The molecule has 2 aromatic carbocycles. The zero-order valence-electron chi connectivity index (χ0n) is 17.2. The Labute approximate surface area is 175 Å². The number of hydrogen-bond acceptors (Lipinski definition) is 4. The minimum absolute atomic E-state index is 0.0456. The fourth-order valence-corrected chi connectivity index (χ4v) is 4.04. The number of aromatic nitrogens is 1. The van der Waals surface area contributed by atoms with Crippen LogP contribution < -0.4 is 15.0 Å². The van der Waals surface area contributed by atoms with Crippen molar-refractivity contribution in [2.45, 2.75) is 32.9 Å². The van der Waals surface area contributed by atoms with Crippen molar-refractivity contribution in [1.29, 1.82) is 0 Å². The van der Waals surface area contributed by atoms with Gasteiger partial charge in [-0.15, -0.1) is 0 Å². The number of rotatable bonds is 7. The van der Waals surface area contributed by atoms with E-state index in [1.807, 2.05) is 62.4 Å². The van der Waals surface area contributed by atoms with Crippen LogP contribution >= 0.6 is 0 Å². The van der Waals surface area contributed by atoms with Crippen LogP contribution in [0.5, 0.6) is 5.75 Å². The van der Waals surface area contributed by atoms with E-state index in [1.54, 1.807) is 4.90 Å². The normalized spacial score (nSPS) is 17.2. The highest BCUT2D eigenvalue weighted by Crippen LogP contribution is 2.29. The molecule has 0 saturated carbocycles. The van der Waals surface area contributed by atoms with Crippen molar-refractivity contribution in [2.24, 2.45) is 5.92 Å². The molecule has 1 fully saturated rings. The molecule has 6 heteroatoms. The number of amides is 2. The van der Waals surface area contributed by atoms with Gasteiger partial charge in [-0.05, 0) is 56.7 Å². The van der Waals surface area contributed by atoms with Crippen LogP contribution in [0, 0.1) is 12.8 Å². The van der Waals surface area contributed by atoms with Gasteiger partial charge in [-0.1, -0.05) is 18.2 Å². The molecule has 3 aromatic rings. The van der Waals surface area contributed by atoms with E-state index in [2.05, 4.69) is 16.4 Å². The summed E-state index contributed by atoms with van der Waals surface area (Å²) in [4.78, 5) is 29.7. The summed E-state index contributed by atoms with van der Waals surface area (Å²) >= 11 is 0. The maximum absolute atomic E-state index is 12.7. The number of para-hydroxylation sites is 1. The molecule has 1 aliphatic heterocycles. The van der Waals surface area contributed by atoms with Gasteiger partial charge in [0.15, 0.2) is 0 Å². The van der Waals surface area contributed by atoms with E-state index in [9.17, 15) is 9.59 Å². The number of anilines is 1. The topological polar surface area (TPSA) is 71.5 Å². The van der Waals surface area contributed by atoms with Crippen LogP contribution in [0.25, 0.3) is 10.9 Å². The fourth-order valence-electron chi connectivity index (χ4n) is 4.04. The highest BCUT2D eigenvalue weighted by atomic mass is 16.5. The molecule has 0 radical (unpaired) electrons. The summed E-state index contributed by atoms with van der Waals surface area (Å²) in [5.74, 6) is 0.607. The SMILES string of the molecule is Cc1cc(COc2ccc(N3CC[C@H]([C@H](C)NC=O)C3=O)cc2)c2ccccc2n1. The maximum atomic E-state index is 12.7. The van der Waals surface area contributed by atoms with E-state index in [1.165, 1.54) is 0 Å². The first-order valence-electron chi connectivity index (χ1n) is 10.2. The average molecular weight is 403 g/mol. The number of nitrogens with one attached hydrogen (secondary N) is 1. The molecule has 0 unspecified atom stereocenters. The number of nitrogens with zero attached hydrogens (tertiary/aromatic N) is 2. The summed E-state index contributed by atoms with van der Waals surface area (Å²) in [5.41, 5.74) is 3.87. The molecule has 0 bridgehead atoms. The fraction of sp³-hybridized carbons (Fsp3) is 0.292. The number of hydrogen-bond donors (Lipinski definition) is 1. The lowest BCUT2D eigenvalue weighted by atomic mass is 10.0. The van der Waals surface area contributed by atoms with Crippen LogP contribution in [0.4, 0.5) is 5.69 Å². The molecule has 1 aromatic heterocycles. The summed E-state index contributed by atoms with van der Waals surface area (Å²) < 4.78 is 6.01. The molecule has 30 heavy (non-hydrogen) atoms. The lowest BCUT2D eigenvalue weighted by molar-refractivity contribution is -0.121. The number of carbonyl (C=O) groups excluding carboxylic acids is 2. The minimum atomic E-state index is -0.186. The average Bonchev–Trinajstić information content (AvgIpc) is 3.14. The van der Waals surface area contributed by atoms with E-state index >= 15 is 0 Å². The lowest BCUT2D eigenvalue weighted by Crippen LogP contribution is -2.38. The highest BCUT2D eigenvalue weighted by molar-refractivity contribution is 5.97. The molecule has 2 heterocycles. The third-order valence-corrected chi connectivity index (χ3v) is 5.65. The zero-order chi connectivity index (χ0) is 21.1. The first-order valence-corrected chi connectivity index (χ1v) is 10.2. The van der Waals surface area contributed by atoms with Crippen molar-refractivity contribution in [3.05, 3.63) is 65.9 Å². The molecule has 1 aliphatic rings. The number of aryl methyl sites for hydroxylation is 1. The van der Waals surface area contributed by atoms with Gasteiger partial charge in [0, 0.05) is 34.9 Å². The maximum Gasteiger partial charge on any atom is 0.232 e. The number of benzene rings is 2. The van der Waals surface area contributed by atoms with Gasteiger partial charge in [0.25, 0.3) is 0 Å². The second-order valence-corrected chi connectivity index (χ2v) is 7.68. The van der Waals surface area contributed by atoms with Crippen molar-refractivity contribution in [2.75, 3.05) is 11.4 Å². The Bertz CT molecular complexity index is 1060. The smallest absolute Gasteiger partial charge is 0.232 e. The molecule has 1 saturated heterocycles. The largest absolute Gasteiger partial charge is 0.489 e. The summed E-state index contributed by atoms with van der Waals surface area (Å²) in [5, 5.41) is 3.78. The van der Waals surface area contributed by atoms with Gasteiger partial charge in [-0.2, -0.15) is 0 Å². The van der Waals surface area contributed by atoms with Gasteiger partial charge in [-0.3, -0.25) is 14.6 Å². The van der Waals surface area contributed by atoms with E-state index in [0.29, 0.717) is 19.6 Å². The number of pyridine rings is 1. The minimum Gasteiger partial charge on any atom is -0.489 e. The van der Waals surface area contributed by atoms with Crippen molar-refractivity contribution in [3.8, 4) is 5.75 Å². The van der Waals surface area contributed by atoms with Crippen LogP contribution in [0.3, 0.4) is 0 Å². The highest BCUT2D eigenvalue weighted by Gasteiger charge is 2.35. The van der Waals surface area contributed by atoms with Crippen LogP contribution in [0.2, 0.25) is 0 Å². The molecule has 4 rings (SSSR count). The van der Waals surface area contributed by atoms with Gasteiger partial charge in [0.2, 0.25) is 12.3 Å². The third-order valence-electron chi connectivity index (χ3n) is 5.65. The molecule has 2 amide bonds. The predicted molar refractivity (Wildman–Crippen MR) is 116 cm³/mol. The van der Waals surface area contributed by atoms with E-state index in [-0.39, 0.29) is 17.9 Å². The van der Waals surface area contributed by atoms with Gasteiger partial charge in [0.1, 0.15) is 12.4 Å². The molecule has 1 N–H and O–H groups in total. The third kappa shape index (κ3) is 3.99. The first kappa shape index (κ1) is 19.9. The van der Waals surface area contributed by atoms with Gasteiger partial charge in [-0.25, -0.2) is 0 Å². The van der Waals surface area contributed by atoms with Gasteiger partial charge >= 0.3 is 0 Å². The Morgan fingerprint density at radius 3 is 2.77 bits per heavy atom. The summed E-state index contributed by atoms with van der Waals surface area (Å²) in [6.07, 6.45) is 1.38. The Balaban J connectivity index is 1.44. The van der Waals surface area contributed by atoms with E-state index < -0.39 is 0 Å². The second kappa shape index (κ2) is 8.53. The summed E-state index contributed by atoms with van der Waals surface area (Å²) in [6.45, 7) is 4.94. The first-order chi connectivity index (χ1) is 14.6. The van der Waals surface area contributed by atoms with Crippen LogP contribution in [0.15, 0.2) is 54.6 Å². The summed E-state index contributed by atoms with van der Waals surface area (Å²) in [6, 6.07) is 17.5. The monoisotopic (exact) mass is 403 g/mol. The molecular weight excluding hydrogens is 378 g/mol. The molecule has 6 nitrogen and oxygen atoms in total. The Hall–Kier alpha value is -3.41. The quantitative estimate of drug-likeness (QED) is 0.612. The molecule has 0 aliphatic carbocycles. The second-order valence-electron chi connectivity index (χ2n) is 7.68. The van der Waals surface area contributed by atoms with Crippen molar-refractivity contribution >= 4 is 28.9 Å². The Kier molecular flexibility index (Phi) is 5.65. The molecule has 2 atom stereocenters. The van der Waals surface area contributed by atoms with Crippen LogP contribution in [0.1, 0.15) is 24.6 Å². The Morgan fingerprint density at radius 2 is 2.00 bits per heavy atom. The van der Waals surface area contributed by atoms with E-state index in [0.717, 1.165) is 40.0 Å². The van der Waals surface area contributed by atoms with Crippen LogP contribution in [-0.4, -0.2) is 29.9 Å². The number of ether oxygens (including phenoxy) is 1. The lowest BCUT2D eigenvalue weighted by Gasteiger charge is -2.20.